The second-order valence-corrected chi connectivity index (χ2v) is 11.4. The molecule has 0 radical (unpaired) electrons. The first-order valence-corrected chi connectivity index (χ1v) is 14.2. The largest absolute Gasteiger partial charge is 0.351 e. The van der Waals surface area contributed by atoms with Crippen molar-refractivity contribution in [1.29, 1.82) is 0 Å². The van der Waals surface area contributed by atoms with Crippen molar-refractivity contribution in [2.24, 2.45) is 5.73 Å². The minimum atomic E-state index is -3.83. The van der Waals surface area contributed by atoms with Gasteiger partial charge in [-0.15, -0.1) is 0 Å². The molecule has 2 heterocycles. The molecule has 192 valence electrons. The molecule has 4 aromatic rings. The molecule has 1 fully saturated rings. The second kappa shape index (κ2) is 10.6. The van der Waals surface area contributed by atoms with Crippen LogP contribution in [0.1, 0.15) is 38.2 Å². The fraction of sp³-hybridized carbons (Fsp3) is 0.296. The van der Waals surface area contributed by atoms with Crippen molar-refractivity contribution in [3.63, 3.8) is 0 Å². The summed E-state index contributed by atoms with van der Waals surface area (Å²) in [4.78, 5) is 13.9. The third-order valence-corrected chi connectivity index (χ3v) is 8.57. The minimum absolute atomic E-state index is 0.0174. The Morgan fingerprint density at radius 2 is 1.81 bits per heavy atom. The Labute approximate surface area is 221 Å². The van der Waals surface area contributed by atoms with Gasteiger partial charge < -0.3 is 11.1 Å². The standard InChI is InChI=1S/C27H29ClN6O2S/c1-2-17-13-18(14-19-15-31-27(33-26(17)19)32-21-9-7-20(29)8-10-21)24-12-11-22(16-30-24)34-37(35,36)25-6-4-3-5-23(25)28/h3-6,11-16,20-21,34H,2,7-10,29H2,1H3,(H,31,32,33). The van der Waals surface area contributed by atoms with Crippen LogP contribution >= 0.6 is 11.6 Å². The number of sulfonamides is 1. The summed E-state index contributed by atoms with van der Waals surface area (Å²) in [5.74, 6) is 0.642. The number of aromatic nitrogens is 3. The molecule has 2 aromatic heterocycles. The molecule has 1 aliphatic rings. The van der Waals surface area contributed by atoms with Crippen LogP contribution in [0.4, 0.5) is 11.6 Å². The number of fused-ring (bicyclic) bond motifs is 1. The topological polar surface area (TPSA) is 123 Å². The van der Waals surface area contributed by atoms with Crippen molar-refractivity contribution in [1.82, 2.24) is 15.0 Å². The first-order valence-electron chi connectivity index (χ1n) is 12.4. The Kier molecular flexibility index (Phi) is 7.28. The number of anilines is 2. The van der Waals surface area contributed by atoms with E-state index in [1.807, 2.05) is 12.3 Å². The molecule has 0 spiro atoms. The lowest BCUT2D eigenvalue weighted by Gasteiger charge is -2.26. The highest BCUT2D eigenvalue weighted by Crippen LogP contribution is 2.29. The van der Waals surface area contributed by atoms with Gasteiger partial charge >= 0.3 is 0 Å². The van der Waals surface area contributed by atoms with Gasteiger partial charge in [0.25, 0.3) is 10.0 Å². The fourth-order valence-corrected chi connectivity index (χ4v) is 6.21. The van der Waals surface area contributed by atoms with E-state index in [9.17, 15) is 8.42 Å². The van der Waals surface area contributed by atoms with Crippen molar-refractivity contribution in [2.75, 3.05) is 10.0 Å². The summed E-state index contributed by atoms with van der Waals surface area (Å²) >= 11 is 6.07. The van der Waals surface area contributed by atoms with Gasteiger partial charge in [0.15, 0.2) is 0 Å². The number of nitrogens with one attached hydrogen (secondary N) is 2. The van der Waals surface area contributed by atoms with Crippen LogP contribution in [0.2, 0.25) is 5.02 Å². The highest BCUT2D eigenvalue weighted by atomic mass is 35.5. The molecule has 2 aromatic carbocycles. The molecule has 0 aliphatic heterocycles. The Morgan fingerprint density at radius 3 is 2.51 bits per heavy atom. The van der Waals surface area contributed by atoms with Crippen LogP contribution in [-0.2, 0) is 16.4 Å². The van der Waals surface area contributed by atoms with Crippen molar-refractivity contribution < 1.29 is 8.42 Å². The molecule has 0 saturated heterocycles. The van der Waals surface area contributed by atoms with Gasteiger partial charge in [-0.05, 0) is 74.1 Å². The zero-order valence-electron chi connectivity index (χ0n) is 20.5. The van der Waals surface area contributed by atoms with Gasteiger partial charge in [0, 0.05) is 29.2 Å². The molecular weight excluding hydrogens is 508 g/mol. The zero-order chi connectivity index (χ0) is 26.0. The Morgan fingerprint density at radius 1 is 1.03 bits per heavy atom. The van der Waals surface area contributed by atoms with Gasteiger partial charge in [0.1, 0.15) is 4.90 Å². The van der Waals surface area contributed by atoms with Crippen LogP contribution < -0.4 is 15.8 Å². The Balaban J connectivity index is 1.37. The van der Waals surface area contributed by atoms with Crippen molar-refractivity contribution in [3.05, 3.63) is 71.5 Å². The van der Waals surface area contributed by atoms with Crippen molar-refractivity contribution in [3.8, 4) is 11.3 Å². The van der Waals surface area contributed by atoms with E-state index >= 15 is 0 Å². The van der Waals surface area contributed by atoms with Crippen LogP contribution in [0.15, 0.2) is 65.8 Å². The normalized spacial score (nSPS) is 18.0. The average molecular weight is 537 g/mol. The number of halogens is 1. The molecule has 0 amide bonds. The summed E-state index contributed by atoms with van der Waals surface area (Å²) in [5, 5.41) is 4.56. The van der Waals surface area contributed by atoms with Gasteiger partial charge in [0.05, 0.1) is 28.1 Å². The molecule has 0 atom stereocenters. The summed E-state index contributed by atoms with van der Waals surface area (Å²) < 4.78 is 28.0. The summed E-state index contributed by atoms with van der Waals surface area (Å²) in [6, 6.07) is 14.5. The zero-order valence-corrected chi connectivity index (χ0v) is 22.1. The predicted molar refractivity (Wildman–Crippen MR) is 148 cm³/mol. The number of hydrogen-bond donors (Lipinski definition) is 3. The molecule has 37 heavy (non-hydrogen) atoms. The maximum Gasteiger partial charge on any atom is 0.263 e. The van der Waals surface area contributed by atoms with E-state index < -0.39 is 10.0 Å². The maximum absolute atomic E-state index is 12.7. The maximum atomic E-state index is 12.7. The summed E-state index contributed by atoms with van der Waals surface area (Å²) in [6.45, 7) is 2.09. The van der Waals surface area contributed by atoms with Gasteiger partial charge in [-0.25, -0.2) is 18.4 Å². The van der Waals surface area contributed by atoms with E-state index in [1.165, 1.54) is 18.3 Å². The number of pyridine rings is 1. The number of aryl methyl sites for hydroxylation is 1. The van der Waals surface area contributed by atoms with E-state index in [-0.39, 0.29) is 9.92 Å². The van der Waals surface area contributed by atoms with E-state index in [2.05, 4.69) is 33.0 Å². The Hall–Kier alpha value is -3.27. The third-order valence-electron chi connectivity index (χ3n) is 6.69. The number of benzene rings is 2. The number of nitrogens with two attached hydrogens (primary N) is 1. The van der Waals surface area contributed by atoms with Crippen LogP contribution in [0.3, 0.4) is 0 Å². The number of rotatable bonds is 7. The number of nitrogens with zero attached hydrogens (tertiary/aromatic N) is 3. The van der Waals surface area contributed by atoms with Crippen molar-refractivity contribution >= 4 is 44.2 Å². The van der Waals surface area contributed by atoms with E-state index in [4.69, 9.17) is 22.3 Å². The monoisotopic (exact) mass is 536 g/mol. The van der Waals surface area contributed by atoms with Gasteiger partial charge in [-0.2, -0.15) is 0 Å². The molecule has 1 saturated carbocycles. The van der Waals surface area contributed by atoms with Gasteiger partial charge in [0.2, 0.25) is 5.95 Å². The SMILES string of the molecule is CCc1cc(-c2ccc(NS(=O)(=O)c3ccccc3Cl)cn2)cc2cnc(NC3CCC(N)CC3)nc12. The summed E-state index contributed by atoms with van der Waals surface area (Å²) in [6.07, 6.45) is 8.22. The molecule has 8 nitrogen and oxygen atoms in total. The van der Waals surface area contributed by atoms with Gasteiger partial charge in [-0.1, -0.05) is 30.7 Å². The van der Waals surface area contributed by atoms with Crippen LogP contribution in [0, 0.1) is 0 Å². The summed E-state index contributed by atoms with van der Waals surface area (Å²) in [5.41, 5.74) is 10.0. The molecule has 0 unspecified atom stereocenters. The van der Waals surface area contributed by atoms with E-state index in [0.717, 1.165) is 59.8 Å². The van der Waals surface area contributed by atoms with Crippen LogP contribution in [0.25, 0.3) is 22.2 Å². The van der Waals surface area contributed by atoms with Crippen molar-refractivity contribution in [2.45, 2.75) is 56.0 Å². The van der Waals surface area contributed by atoms with Crippen LogP contribution in [-0.4, -0.2) is 35.5 Å². The molecule has 0 bridgehead atoms. The molecular formula is C27H29ClN6O2S. The Bertz CT molecular complexity index is 1520. The lowest BCUT2D eigenvalue weighted by atomic mass is 9.92. The fourth-order valence-electron chi connectivity index (χ4n) is 4.65. The second-order valence-electron chi connectivity index (χ2n) is 9.34. The molecule has 1 aliphatic carbocycles. The van der Waals surface area contributed by atoms with E-state index in [0.29, 0.717) is 23.7 Å². The average Bonchev–Trinajstić information content (AvgIpc) is 2.90. The quantitative estimate of drug-likeness (QED) is 0.289. The lowest BCUT2D eigenvalue weighted by molar-refractivity contribution is 0.410. The highest BCUT2D eigenvalue weighted by molar-refractivity contribution is 7.92. The predicted octanol–water partition coefficient (Wildman–Crippen LogP) is 5.39. The van der Waals surface area contributed by atoms with Gasteiger partial charge in [-0.3, -0.25) is 9.71 Å². The van der Waals surface area contributed by atoms with Crippen LogP contribution in [0.5, 0.6) is 0 Å². The summed E-state index contributed by atoms with van der Waals surface area (Å²) in [7, 11) is -3.83. The molecule has 5 rings (SSSR count). The molecule has 10 heteroatoms. The smallest absolute Gasteiger partial charge is 0.263 e. The lowest BCUT2D eigenvalue weighted by Crippen LogP contribution is -2.33. The van der Waals surface area contributed by atoms with E-state index in [1.54, 1.807) is 24.3 Å². The third kappa shape index (κ3) is 5.69. The first kappa shape index (κ1) is 25.4. The number of hydrogen-bond acceptors (Lipinski definition) is 7. The first-order chi connectivity index (χ1) is 17.8. The minimum Gasteiger partial charge on any atom is -0.351 e. The molecule has 4 N–H and O–H groups in total. The highest BCUT2D eigenvalue weighted by Gasteiger charge is 2.20.